The lowest BCUT2D eigenvalue weighted by Crippen LogP contribution is -2.43. The third-order valence-electron chi connectivity index (χ3n) is 2.68. The number of aliphatic hydroxyl groups is 1. The zero-order valence-electron chi connectivity index (χ0n) is 9.04. The smallest absolute Gasteiger partial charge is 0.0608 e. The lowest BCUT2D eigenvalue weighted by Gasteiger charge is -2.26. The van der Waals surface area contributed by atoms with Gasteiger partial charge in [0.2, 0.25) is 0 Å². The van der Waals surface area contributed by atoms with Crippen molar-refractivity contribution in [3.63, 3.8) is 0 Å². The Morgan fingerprint density at radius 1 is 1.43 bits per heavy atom. The summed E-state index contributed by atoms with van der Waals surface area (Å²) < 4.78 is 5.36. The second-order valence-corrected chi connectivity index (χ2v) is 4.37. The van der Waals surface area contributed by atoms with Crippen LogP contribution in [0, 0.1) is 0 Å². The monoisotopic (exact) mass is 202 g/mol. The first-order valence-electron chi connectivity index (χ1n) is 5.34. The predicted octanol–water partition coefficient (Wildman–Crippen LogP) is -0.192. The molecule has 84 valence electrons. The SMILES string of the molecule is CC(N)(CO)CCN1CCCOCC1. The molecule has 0 amide bonds. The van der Waals surface area contributed by atoms with E-state index < -0.39 is 5.54 Å². The average molecular weight is 202 g/mol. The lowest BCUT2D eigenvalue weighted by atomic mass is 10.0. The van der Waals surface area contributed by atoms with Gasteiger partial charge in [-0.25, -0.2) is 0 Å². The number of hydrogen-bond acceptors (Lipinski definition) is 4. The maximum Gasteiger partial charge on any atom is 0.0608 e. The number of aliphatic hydroxyl groups excluding tert-OH is 1. The van der Waals surface area contributed by atoms with Crippen molar-refractivity contribution in [2.24, 2.45) is 5.73 Å². The molecule has 0 bridgehead atoms. The fourth-order valence-electron chi connectivity index (χ4n) is 1.51. The Morgan fingerprint density at radius 3 is 2.93 bits per heavy atom. The molecule has 1 atom stereocenters. The van der Waals surface area contributed by atoms with E-state index in [2.05, 4.69) is 4.90 Å². The minimum absolute atomic E-state index is 0.0529. The van der Waals surface area contributed by atoms with Gasteiger partial charge < -0.3 is 20.5 Å². The second kappa shape index (κ2) is 5.66. The molecule has 0 saturated carbocycles. The summed E-state index contributed by atoms with van der Waals surface area (Å²) in [4.78, 5) is 2.35. The third-order valence-corrected chi connectivity index (χ3v) is 2.68. The highest BCUT2D eigenvalue weighted by Gasteiger charge is 2.18. The molecule has 1 heterocycles. The molecule has 0 aromatic carbocycles. The van der Waals surface area contributed by atoms with Crippen LogP contribution in [0.25, 0.3) is 0 Å². The van der Waals surface area contributed by atoms with Crippen molar-refractivity contribution in [3.05, 3.63) is 0 Å². The molecule has 3 N–H and O–H groups in total. The van der Waals surface area contributed by atoms with Crippen LogP contribution in [0.3, 0.4) is 0 Å². The van der Waals surface area contributed by atoms with Crippen molar-refractivity contribution in [1.82, 2.24) is 4.90 Å². The van der Waals surface area contributed by atoms with Gasteiger partial charge in [0.1, 0.15) is 0 Å². The summed E-state index contributed by atoms with van der Waals surface area (Å²) in [6, 6.07) is 0. The van der Waals surface area contributed by atoms with Crippen LogP contribution < -0.4 is 5.73 Å². The Labute approximate surface area is 86.0 Å². The molecule has 0 aliphatic carbocycles. The number of nitrogens with two attached hydrogens (primary N) is 1. The predicted molar refractivity (Wildman–Crippen MR) is 56.2 cm³/mol. The molecule has 0 aromatic rings. The van der Waals surface area contributed by atoms with Crippen molar-refractivity contribution in [1.29, 1.82) is 0 Å². The normalized spacial score (nSPS) is 24.2. The van der Waals surface area contributed by atoms with Gasteiger partial charge in [-0.05, 0) is 19.8 Å². The summed E-state index contributed by atoms with van der Waals surface area (Å²) in [6.07, 6.45) is 1.93. The van der Waals surface area contributed by atoms with E-state index in [9.17, 15) is 0 Å². The van der Waals surface area contributed by atoms with E-state index in [-0.39, 0.29) is 6.61 Å². The van der Waals surface area contributed by atoms with E-state index in [1.165, 1.54) is 0 Å². The Balaban J connectivity index is 2.22. The highest BCUT2D eigenvalue weighted by atomic mass is 16.5. The second-order valence-electron chi connectivity index (χ2n) is 4.37. The van der Waals surface area contributed by atoms with Gasteiger partial charge in [-0.3, -0.25) is 0 Å². The van der Waals surface area contributed by atoms with Gasteiger partial charge in [0, 0.05) is 31.8 Å². The number of nitrogens with zero attached hydrogens (tertiary/aromatic N) is 1. The van der Waals surface area contributed by atoms with Crippen LogP contribution in [-0.2, 0) is 4.74 Å². The first kappa shape index (κ1) is 11.9. The van der Waals surface area contributed by atoms with E-state index in [0.29, 0.717) is 0 Å². The maximum atomic E-state index is 9.01. The van der Waals surface area contributed by atoms with Gasteiger partial charge in [0.15, 0.2) is 0 Å². The summed E-state index contributed by atoms with van der Waals surface area (Å²) in [5.74, 6) is 0. The molecule has 4 heteroatoms. The summed E-state index contributed by atoms with van der Waals surface area (Å²) in [7, 11) is 0. The van der Waals surface area contributed by atoms with Crippen molar-refractivity contribution < 1.29 is 9.84 Å². The highest BCUT2D eigenvalue weighted by molar-refractivity contribution is 4.79. The van der Waals surface area contributed by atoms with E-state index >= 15 is 0 Å². The lowest BCUT2D eigenvalue weighted by molar-refractivity contribution is 0.136. The molecule has 1 rings (SSSR count). The minimum atomic E-state index is -0.437. The first-order valence-corrected chi connectivity index (χ1v) is 5.34. The van der Waals surface area contributed by atoms with Crippen LogP contribution in [0.4, 0.5) is 0 Å². The quantitative estimate of drug-likeness (QED) is 0.663. The molecule has 0 aromatic heterocycles. The topological polar surface area (TPSA) is 58.7 Å². The molecule has 1 unspecified atom stereocenters. The van der Waals surface area contributed by atoms with Crippen molar-refractivity contribution >= 4 is 0 Å². The molecule has 0 radical (unpaired) electrons. The summed E-state index contributed by atoms with van der Waals surface area (Å²) in [5, 5.41) is 9.01. The van der Waals surface area contributed by atoms with Gasteiger partial charge in [0.05, 0.1) is 13.2 Å². The zero-order chi connectivity index (χ0) is 10.4. The van der Waals surface area contributed by atoms with Crippen LogP contribution in [0.5, 0.6) is 0 Å². The van der Waals surface area contributed by atoms with Crippen molar-refractivity contribution in [2.45, 2.75) is 25.3 Å². The van der Waals surface area contributed by atoms with E-state index in [4.69, 9.17) is 15.6 Å². The number of hydrogen-bond donors (Lipinski definition) is 2. The third kappa shape index (κ3) is 4.37. The Morgan fingerprint density at radius 2 is 2.21 bits per heavy atom. The highest BCUT2D eigenvalue weighted by Crippen LogP contribution is 2.07. The first-order chi connectivity index (χ1) is 6.64. The minimum Gasteiger partial charge on any atom is -0.394 e. The van der Waals surface area contributed by atoms with Gasteiger partial charge in [0.25, 0.3) is 0 Å². The van der Waals surface area contributed by atoms with Gasteiger partial charge in [-0.2, -0.15) is 0 Å². The number of rotatable bonds is 4. The molecule has 4 nitrogen and oxygen atoms in total. The molecule has 14 heavy (non-hydrogen) atoms. The van der Waals surface area contributed by atoms with E-state index in [0.717, 1.165) is 45.7 Å². The molecule has 1 saturated heterocycles. The van der Waals surface area contributed by atoms with Crippen LogP contribution >= 0.6 is 0 Å². The zero-order valence-corrected chi connectivity index (χ0v) is 9.04. The summed E-state index contributed by atoms with van der Waals surface area (Å²) in [6.45, 7) is 6.66. The maximum absolute atomic E-state index is 9.01. The van der Waals surface area contributed by atoms with Crippen LogP contribution in [0.15, 0.2) is 0 Å². The molecular weight excluding hydrogens is 180 g/mol. The van der Waals surface area contributed by atoms with Gasteiger partial charge in [-0.15, -0.1) is 0 Å². The van der Waals surface area contributed by atoms with Gasteiger partial charge >= 0.3 is 0 Å². The fraction of sp³-hybridized carbons (Fsp3) is 1.00. The Hall–Kier alpha value is -0.160. The van der Waals surface area contributed by atoms with Crippen LogP contribution in [0.1, 0.15) is 19.8 Å². The van der Waals surface area contributed by atoms with E-state index in [1.54, 1.807) is 0 Å². The standard InChI is InChI=1S/C10H22N2O2/c1-10(11,9-13)3-5-12-4-2-7-14-8-6-12/h13H,2-9,11H2,1H3. The largest absolute Gasteiger partial charge is 0.394 e. The van der Waals surface area contributed by atoms with Gasteiger partial charge in [-0.1, -0.05) is 0 Å². The average Bonchev–Trinajstić information content (AvgIpc) is 2.43. The molecule has 0 spiro atoms. The van der Waals surface area contributed by atoms with Crippen LogP contribution in [0.2, 0.25) is 0 Å². The van der Waals surface area contributed by atoms with Crippen molar-refractivity contribution in [2.75, 3.05) is 39.5 Å². The fourth-order valence-corrected chi connectivity index (χ4v) is 1.51. The molecule has 1 fully saturated rings. The Bertz CT molecular complexity index is 154. The van der Waals surface area contributed by atoms with Crippen molar-refractivity contribution in [3.8, 4) is 0 Å². The Kier molecular flexibility index (Phi) is 4.81. The number of ether oxygens (including phenoxy) is 1. The molecule has 1 aliphatic heterocycles. The summed E-state index contributed by atoms with van der Waals surface area (Å²) in [5.41, 5.74) is 5.43. The molecular formula is C10H22N2O2. The van der Waals surface area contributed by atoms with E-state index in [1.807, 2.05) is 6.92 Å². The molecule has 1 aliphatic rings. The summed E-state index contributed by atoms with van der Waals surface area (Å²) >= 11 is 0. The van der Waals surface area contributed by atoms with Crippen LogP contribution in [-0.4, -0.2) is 55.0 Å².